The van der Waals surface area contributed by atoms with Crippen LogP contribution in [0.5, 0.6) is 5.75 Å². The van der Waals surface area contributed by atoms with Gasteiger partial charge in [-0.25, -0.2) is 9.37 Å². The molecule has 150 valence electrons. The summed E-state index contributed by atoms with van der Waals surface area (Å²) in [6.07, 6.45) is 6.69. The molecule has 0 aliphatic rings. The van der Waals surface area contributed by atoms with Crippen LogP contribution in [0.2, 0.25) is 10.0 Å². The topological polar surface area (TPSA) is 38.2 Å². The summed E-state index contributed by atoms with van der Waals surface area (Å²) in [6, 6.07) is 4.73. The molecular formula is C22H20Cl2FN3O. The molecule has 29 heavy (non-hydrogen) atoms. The quantitative estimate of drug-likeness (QED) is 0.428. The second-order valence-electron chi connectivity index (χ2n) is 6.51. The number of aromatic nitrogens is 2. The first kappa shape index (κ1) is 21.1. The van der Waals surface area contributed by atoms with Crippen molar-refractivity contribution in [3.05, 3.63) is 82.3 Å². The van der Waals surface area contributed by atoms with Crippen molar-refractivity contribution in [3.8, 4) is 5.75 Å². The third-order valence-electron chi connectivity index (χ3n) is 4.27. The van der Waals surface area contributed by atoms with Gasteiger partial charge in [0.25, 0.3) is 0 Å². The average molecular weight is 432 g/mol. The molecule has 2 aromatic heterocycles. The van der Waals surface area contributed by atoms with Gasteiger partial charge in [0, 0.05) is 35.5 Å². The molecule has 1 aromatic carbocycles. The maximum absolute atomic E-state index is 14.9. The minimum absolute atomic E-state index is 0.102. The van der Waals surface area contributed by atoms with Crippen LogP contribution in [-0.4, -0.2) is 9.97 Å². The van der Waals surface area contributed by atoms with Crippen LogP contribution in [0.1, 0.15) is 25.1 Å². The Morgan fingerprint density at radius 2 is 1.97 bits per heavy atom. The number of halogens is 3. The molecule has 0 N–H and O–H groups in total. The molecule has 2 heterocycles. The fourth-order valence-corrected chi connectivity index (χ4v) is 3.45. The van der Waals surface area contributed by atoms with Gasteiger partial charge in [-0.05, 0) is 39.0 Å². The maximum atomic E-state index is 14.9. The average Bonchev–Trinajstić information content (AvgIpc) is 2.66. The standard InChI is InChI=1S/C22H20Cl2FN3O/c1-5-8-28(13(2)3)19-9-14(4)27-22-20(7-6-18(25)21(19)22)29-12-15-16(23)10-26-11-17(15)24/h5-11H,2,12H2,1,3-4H3/b8-5-. The molecule has 0 bridgehead atoms. The van der Waals surface area contributed by atoms with Crippen molar-refractivity contribution < 1.29 is 9.13 Å². The highest BCUT2D eigenvalue weighted by Gasteiger charge is 2.18. The van der Waals surface area contributed by atoms with Crippen LogP contribution < -0.4 is 9.64 Å². The van der Waals surface area contributed by atoms with E-state index in [0.717, 1.165) is 11.4 Å². The second kappa shape index (κ2) is 8.80. The Morgan fingerprint density at radius 3 is 2.59 bits per heavy atom. The van der Waals surface area contributed by atoms with Gasteiger partial charge in [0.2, 0.25) is 0 Å². The molecule has 0 aliphatic carbocycles. The summed E-state index contributed by atoms with van der Waals surface area (Å²) in [5, 5.41) is 1.15. The lowest BCUT2D eigenvalue weighted by molar-refractivity contribution is 0.309. The molecule has 0 radical (unpaired) electrons. The van der Waals surface area contributed by atoms with Gasteiger partial charge in [0.05, 0.1) is 21.1 Å². The number of nitrogens with zero attached hydrogens (tertiary/aromatic N) is 3. The van der Waals surface area contributed by atoms with Gasteiger partial charge in [-0.2, -0.15) is 0 Å². The minimum Gasteiger partial charge on any atom is -0.487 e. The molecule has 0 aliphatic heterocycles. The summed E-state index contributed by atoms with van der Waals surface area (Å²) in [5.74, 6) is 0.0306. The molecule has 0 saturated carbocycles. The Labute approximate surface area is 179 Å². The number of pyridine rings is 2. The molecule has 4 nitrogen and oxygen atoms in total. The normalized spacial score (nSPS) is 11.2. The Morgan fingerprint density at radius 1 is 1.28 bits per heavy atom. The summed E-state index contributed by atoms with van der Waals surface area (Å²) < 4.78 is 20.8. The van der Waals surface area contributed by atoms with Gasteiger partial charge in [-0.1, -0.05) is 35.9 Å². The van der Waals surface area contributed by atoms with Crippen LogP contribution in [0.15, 0.2) is 55.1 Å². The van der Waals surface area contributed by atoms with E-state index < -0.39 is 5.82 Å². The van der Waals surface area contributed by atoms with Crippen molar-refractivity contribution >= 4 is 39.8 Å². The number of rotatable bonds is 6. The van der Waals surface area contributed by atoms with E-state index in [2.05, 4.69) is 16.5 Å². The Hall–Kier alpha value is -2.63. The third-order valence-corrected chi connectivity index (χ3v) is 4.92. The number of allylic oxidation sites excluding steroid dienone is 2. The summed E-state index contributed by atoms with van der Waals surface area (Å²) in [4.78, 5) is 10.3. The van der Waals surface area contributed by atoms with E-state index in [-0.39, 0.29) is 6.61 Å². The molecule has 3 rings (SSSR count). The van der Waals surface area contributed by atoms with Crippen molar-refractivity contribution in [2.75, 3.05) is 4.90 Å². The number of ether oxygens (including phenoxy) is 1. The van der Waals surface area contributed by atoms with Crippen molar-refractivity contribution in [1.29, 1.82) is 0 Å². The molecule has 3 aromatic rings. The van der Waals surface area contributed by atoms with Gasteiger partial charge in [-0.3, -0.25) is 4.98 Å². The predicted molar refractivity (Wildman–Crippen MR) is 117 cm³/mol. The fourth-order valence-electron chi connectivity index (χ4n) is 2.98. The van der Waals surface area contributed by atoms with Gasteiger partial charge >= 0.3 is 0 Å². The molecule has 0 atom stereocenters. The van der Waals surface area contributed by atoms with Gasteiger partial charge < -0.3 is 9.64 Å². The van der Waals surface area contributed by atoms with Crippen LogP contribution in [0.25, 0.3) is 10.9 Å². The van der Waals surface area contributed by atoms with E-state index in [0.29, 0.717) is 37.9 Å². The molecule has 0 saturated heterocycles. The zero-order valence-corrected chi connectivity index (χ0v) is 17.9. The lowest BCUT2D eigenvalue weighted by Crippen LogP contribution is -2.14. The van der Waals surface area contributed by atoms with E-state index in [4.69, 9.17) is 27.9 Å². The summed E-state index contributed by atoms with van der Waals surface area (Å²) >= 11 is 12.3. The molecule has 7 heteroatoms. The number of anilines is 1. The van der Waals surface area contributed by atoms with Crippen LogP contribution in [0, 0.1) is 12.7 Å². The number of benzene rings is 1. The highest BCUT2D eigenvalue weighted by Crippen LogP contribution is 2.36. The lowest BCUT2D eigenvalue weighted by atomic mass is 10.1. The molecule has 0 amide bonds. The van der Waals surface area contributed by atoms with Gasteiger partial charge in [0.1, 0.15) is 23.7 Å². The largest absolute Gasteiger partial charge is 0.487 e. The number of hydrogen-bond donors (Lipinski definition) is 0. The first-order valence-corrected chi connectivity index (χ1v) is 9.67. The van der Waals surface area contributed by atoms with E-state index in [1.165, 1.54) is 18.5 Å². The molecule has 0 fully saturated rings. The summed E-state index contributed by atoms with van der Waals surface area (Å²) in [5.41, 5.74) is 3.12. The van der Waals surface area contributed by atoms with Crippen molar-refractivity contribution in [1.82, 2.24) is 9.97 Å². The smallest absolute Gasteiger partial charge is 0.146 e. The first-order chi connectivity index (χ1) is 13.8. The summed E-state index contributed by atoms with van der Waals surface area (Å²) in [6.45, 7) is 9.69. The van der Waals surface area contributed by atoms with Crippen molar-refractivity contribution in [2.45, 2.75) is 27.4 Å². The highest BCUT2D eigenvalue weighted by molar-refractivity contribution is 6.35. The Bertz CT molecular complexity index is 1090. The van der Waals surface area contributed by atoms with E-state index in [1.54, 1.807) is 6.07 Å². The number of fused-ring (bicyclic) bond motifs is 1. The van der Waals surface area contributed by atoms with Crippen LogP contribution in [0.3, 0.4) is 0 Å². The molecule has 0 spiro atoms. The molecular weight excluding hydrogens is 412 g/mol. The van der Waals surface area contributed by atoms with E-state index in [1.807, 2.05) is 44.0 Å². The SMILES string of the molecule is C=C(C)N(/C=C\C)c1cc(C)nc2c(OCc3c(Cl)cncc3Cl)ccc(F)c12. The lowest BCUT2D eigenvalue weighted by Gasteiger charge is -2.23. The highest BCUT2D eigenvalue weighted by atomic mass is 35.5. The Balaban J connectivity index is 2.13. The third kappa shape index (κ3) is 4.36. The number of aryl methyl sites for hydroxylation is 1. The zero-order valence-electron chi connectivity index (χ0n) is 16.3. The zero-order chi connectivity index (χ0) is 21.1. The van der Waals surface area contributed by atoms with Crippen LogP contribution in [0.4, 0.5) is 10.1 Å². The summed E-state index contributed by atoms with van der Waals surface area (Å²) in [7, 11) is 0. The first-order valence-electron chi connectivity index (χ1n) is 8.91. The van der Waals surface area contributed by atoms with Crippen molar-refractivity contribution in [2.24, 2.45) is 0 Å². The fraction of sp³-hybridized carbons (Fsp3) is 0.182. The molecule has 0 unspecified atom stereocenters. The monoisotopic (exact) mass is 431 g/mol. The minimum atomic E-state index is -0.398. The van der Waals surface area contributed by atoms with Crippen molar-refractivity contribution in [3.63, 3.8) is 0 Å². The van der Waals surface area contributed by atoms with E-state index in [9.17, 15) is 4.39 Å². The van der Waals surface area contributed by atoms with Gasteiger partial charge in [-0.15, -0.1) is 0 Å². The Kier molecular flexibility index (Phi) is 6.40. The second-order valence-corrected chi connectivity index (χ2v) is 7.32. The van der Waals surface area contributed by atoms with Crippen LogP contribution in [-0.2, 0) is 6.61 Å². The number of hydrogen-bond acceptors (Lipinski definition) is 4. The van der Waals surface area contributed by atoms with E-state index >= 15 is 0 Å². The van der Waals surface area contributed by atoms with Crippen LogP contribution >= 0.6 is 23.2 Å². The maximum Gasteiger partial charge on any atom is 0.146 e. The van der Waals surface area contributed by atoms with Gasteiger partial charge in [0.15, 0.2) is 0 Å². The predicted octanol–water partition coefficient (Wildman–Crippen LogP) is 6.84.